The second-order valence-corrected chi connectivity index (χ2v) is 4.56. The molecule has 2 heterocycles. The fourth-order valence-electron chi connectivity index (χ4n) is 2.03. The van der Waals surface area contributed by atoms with Crippen molar-refractivity contribution in [1.29, 1.82) is 0 Å². The monoisotopic (exact) mass is 250 g/mol. The number of ether oxygens (including phenoxy) is 1. The van der Waals surface area contributed by atoms with Gasteiger partial charge in [0.2, 0.25) is 0 Å². The van der Waals surface area contributed by atoms with E-state index in [1.807, 2.05) is 0 Å². The molecule has 0 radical (unpaired) electrons. The van der Waals surface area contributed by atoms with E-state index >= 15 is 0 Å². The van der Waals surface area contributed by atoms with Crippen molar-refractivity contribution in [3.8, 4) is 0 Å². The Balaban J connectivity index is 1.74. The average Bonchev–Trinajstić information content (AvgIpc) is 2.40. The number of carbonyl (C=O) groups is 1. The summed E-state index contributed by atoms with van der Waals surface area (Å²) < 4.78 is 5.41. The van der Waals surface area contributed by atoms with Gasteiger partial charge in [-0.05, 0) is 30.9 Å². The summed E-state index contributed by atoms with van der Waals surface area (Å²) in [4.78, 5) is 14.8. The molecule has 1 fully saturated rings. The maximum absolute atomic E-state index is 10.7. The quantitative estimate of drug-likeness (QED) is 0.824. The summed E-state index contributed by atoms with van der Waals surface area (Å²) in [6.45, 7) is 3.30. The molecular formula is C13H18N2O3. The predicted molar refractivity (Wildman–Crippen MR) is 66.4 cm³/mol. The smallest absolute Gasteiger partial charge is 0.337 e. The van der Waals surface area contributed by atoms with E-state index in [9.17, 15) is 4.79 Å². The van der Waals surface area contributed by atoms with Crippen LogP contribution in [0.5, 0.6) is 0 Å². The SMILES string of the molecule is O=C(O)c1ccc(CNCC2CCCOC2)nc1. The summed E-state index contributed by atoms with van der Waals surface area (Å²) in [6.07, 6.45) is 3.74. The third-order valence-corrected chi connectivity index (χ3v) is 3.07. The van der Waals surface area contributed by atoms with Crippen molar-refractivity contribution in [3.05, 3.63) is 29.6 Å². The zero-order valence-corrected chi connectivity index (χ0v) is 10.3. The Morgan fingerprint density at radius 3 is 3.06 bits per heavy atom. The second-order valence-electron chi connectivity index (χ2n) is 4.56. The van der Waals surface area contributed by atoms with Crippen LogP contribution in [0.15, 0.2) is 18.3 Å². The minimum absolute atomic E-state index is 0.222. The molecule has 0 aliphatic carbocycles. The second kappa shape index (κ2) is 6.47. The molecule has 0 spiro atoms. The van der Waals surface area contributed by atoms with Crippen LogP contribution >= 0.6 is 0 Å². The molecule has 0 saturated carbocycles. The van der Waals surface area contributed by atoms with Crippen molar-refractivity contribution < 1.29 is 14.6 Å². The standard InChI is InChI=1S/C13H18N2O3/c16-13(17)11-3-4-12(15-7-11)8-14-6-10-2-1-5-18-9-10/h3-4,7,10,14H,1-2,5-6,8-9H2,(H,16,17). The van der Waals surface area contributed by atoms with E-state index in [1.165, 1.54) is 12.6 Å². The van der Waals surface area contributed by atoms with E-state index in [2.05, 4.69) is 10.3 Å². The van der Waals surface area contributed by atoms with Crippen LogP contribution in [0.4, 0.5) is 0 Å². The van der Waals surface area contributed by atoms with E-state index in [0.717, 1.165) is 31.9 Å². The van der Waals surface area contributed by atoms with Crippen LogP contribution in [0.3, 0.4) is 0 Å². The fraction of sp³-hybridized carbons (Fsp3) is 0.538. The van der Waals surface area contributed by atoms with Gasteiger partial charge in [0.15, 0.2) is 0 Å². The molecule has 2 rings (SSSR count). The Morgan fingerprint density at radius 2 is 2.44 bits per heavy atom. The van der Waals surface area contributed by atoms with Crippen LogP contribution in [0, 0.1) is 5.92 Å². The average molecular weight is 250 g/mol. The van der Waals surface area contributed by atoms with Gasteiger partial charge in [-0.2, -0.15) is 0 Å². The summed E-state index contributed by atoms with van der Waals surface area (Å²) >= 11 is 0. The number of nitrogens with zero attached hydrogens (tertiary/aromatic N) is 1. The van der Waals surface area contributed by atoms with Gasteiger partial charge in [0.25, 0.3) is 0 Å². The van der Waals surface area contributed by atoms with E-state index in [1.54, 1.807) is 12.1 Å². The lowest BCUT2D eigenvalue weighted by Crippen LogP contribution is -2.29. The molecule has 1 aromatic heterocycles. The molecule has 0 bridgehead atoms. The number of nitrogens with one attached hydrogen (secondary N) is 1. The number of aromatic nitrogens is 1. The number of carboxylic acid groups (broad SMARTS) is 1. The predicted octanol–water partition coefficient (Wildman–Crippen LogP) is 1.30. The minimum atomic E-state index is -0.943. The van der Waals surface area contributed by atoms with Crippen LogP contribution in [0.1, 0.15) is 28.9 Å². The van der Waals surface area contributed by atoms with Crippen LogP contribution < -0.4 is 5.32 Å². The highest BCUT2D eigenvalue weighted by Crippen LogP contribution is 2.12. The summed E-state index contributed by atoms with van der Waals surface area (Å²) in [6, 6.07) is 3.32. The number of pyridine rings is 1. The zero-order chi connectivity index (χ0) is 12.8. The van der Waals surface area contributed by atoms with Crippen molar-refractivity contribution in [2.24, 2.45) is 5.92 Å². The largest absolute Gasteiger partial charge is 0.478 e. The molecule has 18 heavy (non-hydrogen) atoms. The molecule has 1 aliphatic rings. The van der Waals surface area contributed by atoms with Gasteiger partial charge in [-0.15, -0.1) is 0 Å². The lowest BCUT2D eigenvalue weighted by molar-refractivity contribution is 0.0547. The number of carboxylic acids is 1. The number of hydrogen-bond donors (Lipinski definition) is 2. The number of hydrogen-bond acceptors (Lipinski definition) is 4. The molecule has 5 heteroatoms. The maximum atomic E-state index is 10.7. The van der Waals surface area contributed by atoms with Gasteiger partial charge in [-0.3, -0.25) is 4.98 Å². The highest BCUT2D eigenvalue weighted by molar-refractivity contribution is 5.87. The van der Waals surface area contributed by atoms with Gasteiger partial charge in [0.1, 0.15) is 0 Å². The van der Waals surface area contributed by atoms with Crippen LogP contribution in [0.25, 0.3) is 0 Å². The van der Waals surface area contributed by atoms with E-state index in [4.69, 9.17) is 9.84 Å². The Bertz CT molecular complexity index is 386. The molecule has 1 unspecified atom stereocenters. The molecule has 1 aromatic rings. The summed E-state index contributed by atoms with van der Waals surface area (Å²) in [5.74, 6) is -0.363. The molecule has 5 nitrogen and oxygen atoms in total. The van der Waals surface area contributed by atoms with Gasteiger partial charge in [-0.1, -0.05) is 0 Å². The molecule has 2 N–H and O–H groups in total. The van der Waals surface area contributed by atoms with Gasteiger partial charge in [0, 0.05) is 25.9 Å². The third kappa shape index (κ3) is 3.78. The zero-order valence-electron chi connectivity index (χ0n) is 10.3. The molecular weight excluding hydrogens is 232 g/mol. The summed E-state index contributed by atoms with van der Waals surface area (Å²) in [5.41, 5.74) is 1.08. The maximum Gasteiger partial charge on any atom is 0.337 e. The Labute approximate surface area is 106 Å². The van der Waals surface area contributed by atoms with Gasteiger partial charge in [-0.25, -0.2) is 4.79 Å². The van der Waals surface area contributed by atoms with Crippen LogP contribution in [-0.4, -0.2) is 35.8 Å². The van der Waals surface area contributed by atoms with Gasteiger partial charge < -0.3 is 15.2 Å². The first-order valence-corrected chi connectivity index (χ1v) is 6.22. The molecule has 98 valence electrons. The Morgan fingerprint density at radius 1 is 1.56 bits per heavy atom. The van der Waals surface area contributed by atoms with Crippen molar-refractivity contribution in [2.75, 3.05) is 19.8 Å². The first-order chi connectivity index (χ1) is 8.75. The lowest BCUT2D eigenvalue weighted by atomic mass is 10.0. The third-order valence-electron chi connectivity index (χ3n) is 3.07. The van der Waals surface area contributed by atoms with Crippen LogP contribution in [0.2, 0.25) is 0 Å². The van der Waals surface area contributed by atoms with Crippen LogP contribution in [-0.2, 0) is 11.3 Å². The van der Waals surface area contributed by atoms with Crippen molar-refractivity contribution in [2.45, 2.75) is 19.4 Å². The first-order valence-electron chi connectivity index (χ1n) is 6.22. The topological polar surface area (TPSA) is 71.5 Å². The molecule has 1 aliphatic heterocycles. The van der Waals surface area contributed by atoms with Gasteiger partial charge in [0.05, 0.1) is 17.9 Å². The van der Waals surface area contributed by atoms with E-state index in [-0.39, 0.29) is 5.56 Å². The molecule has 1 atom stereocenters. The first kappa shape index (κ1) is 13.0. The molecule has 0 aromatic carbocycles. The van der Waals surface area contributed by atoms with Crippen molar-refractivity contribution >= 4 is 5.97 Å². The Kier molecular flexibility index (Phi) is 4.66. The fourth-order valence-corrected chi connectivity index (χ4v) is 2.03. The number of aromatic carboxylic acids is 1. The molecule has 1 saturated heterocycles. The lowest BCUT2D eigenvalue weighted by Gasteiger charge is -2.22. The summed E-state index contributed by atoms with van der Waals surface area (Å²) in [5, 5.41) is 12.1. The summed E-state index contributed by atoms with van der Waals surface area (Å²) in [7, 11) is 0. The van der Waals surface area contributed by atoms with E-state index in [0.29, 0.717) is 12.5 Å². The molecule has 0 amide bonds. The number of rotatable bonds is 5. The minimum Gasteiger partial charge on any atom is -0.478 e. The Hall–Kier alpha value is -1.46. The highest BCUT2D eigenvalue weighted by Gasteiger charge is 2.13. The van der Waals surface area contributed by atoms with Crippen molar-refractivity contribution in [1.82, 2.24) is 10.3 Å². The van der Waals surface area contributed by atoms with E-state index < -0.39 is 5.97 Å². The highest BCUT2D eigenvalue weighted by atomic mass is 16.5. The van der Waals surface area contributed by atoms with Gasteiger partial charge >= 0.3 is 5.97 Å². The normalized spacial score (nSPS) is 19.7. The van der Waals surface area contributed by atoms with Crippen molar-refractivity contribution in [3.63, 3.8) is 0 Å².